The number of aliphatic hydroxyl groups excluding tert-OH is 1. The van der Waals surface area contributed by atoms with Crippen molar-refractivity contribution in [2.24, 2.45) is 0 Å². The van der Waals surface area contributed by atoms with E-state index in [1.54, 1.807) is 32.0 Å². The molecule has 0 bridgehead atoms. The van der Waals surface area contributed by atoms with Crippen molar-refractivity contribution in [3.63, 3.8) is 0 Å². The van der Waals surface area contributed by atoms with Crippen LogP contribution in [0.25, 0.3) is 0 Å². The van der Waals surface area contributed by atoms with Gasteiger partial charge in [0.05, 0.1) is 22.3 Å². The van der Waals surface area contributed by atoms with Gasteiger partial charge in [0, 0.05) is 32.7 Å². The second kappa shape index (κ2) is 8.84. The Morgan fingerprint density at radius 1 is 1.38 bits per heavy atom. The Morgan fingerprint density at radius 2 is 2.04 bits per heavy atom. The largest absolute Gasteiger partial charge is 0.392 e. The molecule has 1 aromatic rings. The van der Waals surface area contributed by atoms with Crippen molar-refractivity contribution < 1.29 is 14.8 Å². The van der Waals surface area contributed by atoms with E-state index >= 15 is 0 Å². The van der Waals surface area contributed by atoms with Gasteiger partial charge < -0.3 is 20.6 Å². The second-order valence-corrected chi connectivity index (χ2v) is 6.93. The van der Waals surface area contributed by atoms with Crippen LogP contribution in [0.3, 0.4) is 0 Å². The first-order valence-electron chi connectivity index (χ1n) is 9.03. The smallest absolute Gasteiger partial charge is 0.293 e. The number of amides is 1. The van der Waals surface area contributed by atoms with Crippen LogP contribution in [0.5, 0.6) is 0 Å². The number of carbonyl (C=O) groups is 1. The maximum Gasteiger partial charge on any atom is 0.293 e. The predicted molar refractivity (Wildman–Crippen MR) is 102 cm³/mol. The molecule has 0 aliphatic heterocycles. The molecule has 3 N–H and O–H groups in total. The van der Waals surface area contributed by atoms with Crippen molar-refractivity contribution in [1.82, 2.24) is 5.32 Å². The molecule has 0 heterocycles. The van der Waals surface area contributed by atoms with Crippen molar-refractivity contribution in [3.05, 3.63) is 27.8 Å². The van der Waals surface area contributed by atoms with E-state index in [1.807, 2.05) is 0 Å². The number of benzene rings is 1. The molecule has 8 nitrogen and oxygen atoms in total. The average molecular weight is 364 g/mol. The number of rotatable bonds is 7. The Balaban J connectivity index is 2.40. The van der Waals surface area contributed by atoms with E-state index in [2.05, 4.69) is 10.6 Å². The summed E-state index contributed by atoms with van der Waals surface area (Å²) < 4.78 is 0. The molecular weight excluding hydrogens is 336 g/mol. The predicted octanol–water partition coefficient (Wildman–Crippen LogP) is 2.52. The minimum Gasteiger partial charge on any atom is -0.392 e. The van der Waals surface area contributed by atoms with Gasteiger partial charge in [-0.15, -0.1) is 0 Å². The lowest BCUT2D eigenvalue weighted by atomic mass is 9.95. The van der Waals surface area contributed by atoms with Gasteiger partial charge in [-0.1, -0.05) is 19.3 Å². The van der Waals surface area contributed by atoms with Gasteiger partial charge in [0.1, 0.15) is 5.69 Å². The standard InChI is InChI=1S/C18H28N4O4/c1-12(23)11-21(3)16-10-15(19-2)17(22(25)26)9-14(16)18(24)20-13-7-5-4-6-8-13/h9-10,12-13,19,23H,4-8,11H2,1-3H3,(H,20,24). The lowest BCUT2D eigenvalue weighted by Gasteiger charge is -2.26. The fourth-order valence-corrected chi connectivity index (χ4v) is 3.43. The SMILES string of the molecule is CNc1cc(N(C)CC(C)O)c(C(=O)NC2CCCCC2)cc1[N+](=O)[O-]. The molecule has 1 unspecified atom stereocenters. The van der Waals surface area contributed by atoms with E-state index in [0.29, 0.717) is 17.9 Å². The number of hydrogen-bond acceptors (Lipinski definition) is 6. The van der Waals surface area contributed by atoms with Crippen LogP contribution in [-0.4, -0.2) is 48.7 Å². The van der Waals surface area contributed by atoms with E-state index in [1.165, 1.54) is 12.5 Å². The first kappa shape index (κ1) is 20.0. The first-order chi connectivity index (χ1) is 12.3. The highest BCUT2D eigenvalue weighted by molar-refractivity contribution is 6.02. The molecule has 0 saturated heterocycles. The van der Waals surface area contributed by atoms with Crippen molar-refractivity contribution in [2.45, 2.75) is 51.2 Å². The van der Waals surface area contributed by atoms with E-state index < -0.39 is 11.0 Å². The van der Waals surface area contributed by atoms with Crippen LogP contribution in [0.2, 0.25) is 0 Å². The normalized spacial score (nSPS) is 16.0. The zero-order valence-electron chi connectivity index (χ0n) is 15.6. The van der Waals surface area contributed by atoms with Crippen LogP contribution < -0.4 is 15.5 Å². The van der Waals surface area contributed by atoms with Crippen LogP contribution in [-0.2, 0) is 0 Å². The summed E-state index contributed by atoms with van der Waals surface area (Å²) in [5, 5.41) is 26.9. The van der Waals surface area contributed by atoms with E-state index in [9.17, 15) is 20.0 Å². The van der Waals surface area contributed by atoms with Crippen LogP contribution in [0, 0.1) is 10.1 Å². The first-order valence-corrected chi connectivity index (χ1v) is 9.03. The zero-order chi connectivity index (χ0) is 19.3. The third-order valence-corrected chi connectivity index (χ3v) is 4.71. The van der Waals surface area contributed by atoms with Crippen LogP contribution in [0.15, 0.2) is 12.1 Å². The monoisotopic (exact) mass is 364 g/mol. The molecule has 1 fully saturated rings. The minimum atomic E-state index is -0.595. The Morgan fingerprint density at radius 3 is 2.58 bits per heavy atom. The van der Waals surface area contributed by atoms with Crippen LogP contribution in [0.1, 0.15) is 49.4 Å². The molecule has 144 valence electrons. The molecule has 26 heavy (non-hydrogen) atoms. The number of aliphatic hydroxyl groups is 1. The van der Waals surface area contributed by atoms with Gasteiger partial charge in [-0.2, -0.15) is 0 Å². The summed E-state index contributed by atoms with van der Waals surface area (Å²) in [4.78, 5) is 25.5. The molecule has 0 spiro atoms. The summed E-state index contributed by atoms with van der Waals surface area (Å²) in [5.41, 5.74) is 0.991. The third kappa shape index (κ3) is 4.85. The van der Waals surface area contributed by atoms with Gasteiger partial charge in [-0.05, 0) is 25.8 Å². The fraction of sp³-hybridized carbons (Fsp3) is 0.611. The summed E-state index contributed by atoms with van der Waals surface area (Å²) in [7, 11) is 3.35. The van der Waals surface area contributed by atoms with E-state index in [4.69, 9.17) is 0 Å². The molecule has 1 aliphatic rings. The Kier molecular flexibility index (Phi) is 6.79. The summed E-state index contributed by atoms with van der Waals surface area (Å²) in [6.45, 7) is 1.97. The highest BCUT2D eigenvalue weighted by Gasteiger charge is 2.25. The van der Waals surface area contributed by atoms with Gasteiger partial charge in [-0.3, -0.25) is 14.9 Å². The lowest BCUT2D eigenvalue weighted by molar-refractivity contribution is -0.383. The minimum absolute atomic E-state index is 0.106. The molecule has 1 aromatic carbocycles. The maximum atomic E-state index is 12.9. The number of nitrogens with one attached hydrogen (secondary N) is 2. The number of hydrogen-bond donors (Lipinski definition) is 3. The van der Waals surface area contributed by atoms with Crippen LogP contribution >= 0.6 is 0 Å². The van der Waals surface area contributed by atoms with Gasteiger partial charge >= 0.3 is 0 Å². The summed E-state index contributed by atoms with van der Waals surface area (Å²) >= 11 is 0. The van der Waals surface area contributed by atoms with Crippen LogP contribution in [0.4, 0.5) is 17.1 Å². The van der Waals surface area contributed by atoms with E-state index in [-0.39, 0.29) is 23.2 Å². The maximum absolute atomic E-state index is 12.9. The molecule has 2 rings (SSSR count). The Bertz CT molecular complexity index is 657. The molecule has 1 aliphatic carbocycles. The van der Waals surface area contributed by atoms with Crippen molar-refractivity contribution in [3.8, 4) is 0 Å². The summed E-state index contributed by atoms with van der Waals surface area (Å²) in [5.74, 6) is -0.310. The summed E-state index contributed by atoms with van der Waals surface area (Å²) in [6, 6.07) is 3.02. The Hall–Kier alpha value is -2.35. The fourth-order valence-electron chi connectivity index (χ4n) is 3.43. The van der Waals surface area contributed by atoms with E-state index in [0.717, 1.165) is 25.7 Å². The number of likely N-dealkylation sites (N-methyl/N-ethyl adjacent to an activating group) is 1. The summed E-state index contributed by atoms with van der Waals surface area (Å²) in [6.07, 6.45) is 4.61. The molecule has 0 aromatic heterocycles. The van der Waals surface area contributed by atoms with Gasteiger partial charge in [0.15, 0.2) is 0 Å². The lowest BCUT2D eigenvalue weighted by Crippen LogP contribution is -2.37. The van der Waals surface area contributed by atoms with Gasteiger partial charge in [0.2, 0.25) is 0 Å². The Labute approximate surface area is 153 Å². The molecule has 1 amide bonds. The molecule has 0 radical (unpaired) electrons. The number of carbonyl (C=O) groups excluding carboxylic acids is 1. The number of nitro groups is 1. The average Bonchev–Trinajstić information content (AvgIpc) is 2.60. The quantitative estimate of drug-likeness (QED) is 0.507. The molecule has 1 atom stereocenters. The highest BCUT2D eigenvalue weighted by Crippen LogP contribution is 2.33. The van der Waals surface area contributed by atoms with Gasteiger partial charge in [-0.25, -0.2) is 0 Å². The van der Waals surface area contributed by atoms with Crippen molar-refractivity contribution in [2.75, 3.05) is 30.9 Å². The zero-order valence-corrected chi connectivity index (χ0v) is 15.6. The number of nitro benzene ring substituents is 1. The highest BCUT2D eigenvalue weighted by atomic mass is 16.6. The number of anilines is 2. The molecule has 8 heteroatoms. The second-order valence-electron chi connectivity index (χ2n) is 6.93. The van der Waals surface area contributed by atoms with Crippen molar-refractivity contribution >= 4 is 23.0 Å². The topological polar surface area (TPSA) is 108 Å². The van der Waals surface area contributed by atoms with Gasteiger partial charge in [0.25, 0.3) is 11.6 Å². The van der Waals surface area contributed by atoms with Crippen molar-refractivity contribution in [1.29, 1.82) is 0 Å². The molecule has 1 saturated carbocycles. The third-order valence-electron chi connectivity index (χ3n) is 4.71. The number of nitrogens with zero attached hydrogens (tertiary/aromatic N) is 2. The molecular formula is C18H28N4O4.